The average Bonchev–Trinajstić information content (AvgIpc) is 1.58. The van der Waals surface area contributed by atoms with Gasteiger partial charge in [0.15, 0.2) is 52.4 Å². The van der Waals surface area contributed by atoms with E-state index >= 15 is 0 Å². The highest BCUT2D eigenvalue weighted by atomic mass is 16.3. The number of furan rings is 3. The summed E-state index contributed by atoms with van der Waals surface area (Å²) in [6.07, 6.45) is 0. The standard InChI is InChI=1S/2C46H29N5O.C40H25N5O/c1-4-15-30(16-5-1)32-19-12-20-33(29-32)44-48-43(31-17-6-2-7-18-31)49-45(50-44)36-24-14-28-40-41(36)35-23-13-25-37(42(35)52-40)46-47-38-26-10-11-27-39(38)51(46)34-21-8-3-9-22-34;1-4-14-30(15-5-1)31-26-28-33(29-27-31)44-48-43(32-16-6-2-7-17-32)49-45(50-44)36-21-13-25-40-41(36)35-20-12-22-37(42(35)52-40)46-47-38-23-10-11-24-39(38)51(46)34-18-8-3-9-19-34;1-4-14-26(15-5-1)37-42-38(27-16-6-2-7-17-27)44-39(43-37)30-21-13-25-34-35(30)29-20-12-22-31(36(29)46-34)40-41-32-23-10-11-24-33(32)45(40)28-18-8-3-9-19-28/h2*1-29H;1-25H. The summed E-state index contributed by atoms with van der Waals surface area (Å²) in [4.78, 5) is 60.8. The number of aromatic nitrogens is 15. The summed E-state index contributed by atoms with van der Waals surface area (Å²) in [6, 6.07) is 170. The van der Waals surface area contributed by atoms with Crippen LogP contribution >= 0.6 is 0 Å². The molecule has 0 bridgehead atoms. The van der Waals surface area contributed by atoms with Crippen LogP contribution in [-0.4, -0.2) is 73.5 Å². The quantitative estimate of drug-likeness (QED) is 0.0830. The van der Waals surface area contributed by atoms with E-state index in [1.165, 1.54) is 0 Å². The molecule has 18 heteroatoms. The zero-order valence-electron chi connectivity index (χ0n) is 80.4. The highest BCUT2D eigenvalue weighted by Crippen LogP contribution is 2.48. The fourth-order valence-electron chi connectivity index (χ4n) is 20.3. The topological polar surface area (TPSA) is 209 Å². The van der Waals surface area contributed by atoms with Gasteiger partial charge in [0, 0.05) is 99.5 Å². The molecule has 0 radical (unpaired) electrons. The molecular formula is C132H83N15O3. The van der Waals surface area contributed by atoms with Crippen molar-refractivity contribution in [1.29, 1.82) is 0 Å². The van der Waals surface area contributed by atoms with E-state index < -0.39 is 0 Å². The molecule has 0 N–H and O–H groups in total. The predicted molar refractivity (Wildman–Crippen MR) is 601 cm³/mol. The van der Waals surface area contributed by atoms with Crippen molar-refractivity contribution in [1.82, 2.24) is 73.5 Å². The fourth-order valence-corrected chi connectivity index (χ4v) is 20.3. The zero-order chi connectivity index (χ0) is 99.3. The first-order valence-electron chi connectivity index (χ1n) is 49.6. The number of hydrogen-bond acceptors (Lipinski definition) is 15. The molecule has 0 unspecified atom stereocenters. The molecule has 150 heavy (non-hydrogen) atoms. The summed E-state index contributed by atoms with van der Waals surface area (Å²) in [5.41, 5.74) is 28.8. The van der Waals surface area contributed by atoms with Gasteiger partial charge in [-0.3, -0.25) is 13.7 Å². The molecule has 18 nitrogen and oxygen atoms in total. The molecule has 704 valence electrons. The number of imidazole rings is 3. The van der Waals surface area contributed by atoms with Crippen LogP contribution in [0.5, 0.6) is 0 Å². The summed E-state index contributed by atoms with van der Waals surface area (Å²) in [5, 5.41) is 5.73. The van der Waals surface area contributed by atoms with Crippen LogP contribution in [0.3, 0.4) is 0 Å². The minimum Gasteiger partial charge on any atom is -0.455 e. The molecule has 0 aliphatic heterocycles. The highest BCUT2D eigenvalue weighted by molar-refractivity contribution is 6.18. The lowest BCUT2D eigenvalue weighted by atomic mass is 10.0. The third kappa shape index (κ3) is 16.3. The molecule has 0 amide bonds. The third-order valence-corrected chi connectivity index (χ3v) is 27.3. The Morgan fingerprint density at radius 3 is 0.673 bits per heavy atom. The number of benzene rings is 20. The second kappa shape index (κ2) is 38.2. The Balaban J connectivity index is 0.000000111. The van der Waals surface area contributed by atoms with Gasteiger partial charge in [-0.05, 0) is 138 Å². The van der Waals surface area contributed by atoms with Gasteiger partial charge in [-0.15, -0.1) is 0 Å². The lowest BCUT2D eigenvalue weighted by Crippen LogP contribution is -2.00. The maximum Gasteiger partial charge on any atom is 0.164 e. The van der Waals surface area contributed by atoms with Crippen LogP contribution in [0.25, 0.3) is 275 Å². The van der Waals surface area contributed by atoms with Crippen LogP contribution in [0.1, 0.15) is 0 Å². The third-order valence-electron chi connectivity index (χ3n) is 27.3. The first-order chi connectivity index (χ1) is 74.4. The zero-order valence-corrected chi connectivity index (χ0v) is 80.4. The first-order valence-corrected chi connectivity index (χ1v) is 49.6. The Labute approximate surface area is 859 Å². The highest BCUT2D eigenvalue weighted by Gasteiger charge is 2.29. The summed E-state index contributed by atoms with van der Waals surface area (Å²) >= 11 is 0. The van der Waals surface area contributed by atoms with Crippen molar-refractivity contribution in [2.45, 2.75) is 0 Å². The minimum absolute atomic E-state index is 0.573. The largest absolute Gasteiger partial charge is 0.455 e. The van der Waals surface area contributed by atoms with Gasteiger partial charge in [0.2, 0.25) is 0 Å². The molecule has 0 saturated carbocycles. The van der Waals surface area contributed by atoms with Crippen LogP contribution in [0.2, 0.25) is 0 Å². The second-order valence-corrected chi connectivity index (χ2v) is 36.4. The summed E-state index contributed by atoms with van der Waals surface area (Å²) in [6.45, 7) is 0. The molecule has 0 saturated heterocycles. The fraction of sp³-hybridized carbons (Fsp3) is 0. The van der Waals surface area contributed by atoms with Crippen molar-refractivity contribution < 1.29 is 13.3 Å². The first kappa shape index (κ1) is 88.2. The van der Waals surface area contributed by atoms with Gasteiger partial charge in [-0.2, -0.15) is 0 Å². The molecule has 0 aliphatic rings. The Kier molecular flexibility index (Phi) is 22.4. The van der Waals surface area contributed by atoms with E-state index in [2.05, 4.69) is 238 Å². The van der Waals surface area contributed by atoms with E-state index in [0.717, 1.165) is 222 Å². The van der Waals surface area contributed by atoms with Gasteiger partial charge >= 0.3 is 0 Å². The van der Waals surface area contributed by atoms with Crippen molar-refractivity contribution >= 4 is 98.9 Å². The molecule has 0 aliphatic carbocycles. The van der Waals surface area contributed by atoms with Crippen molar-refractivity contribution in [3.63, 3.8) is 0 Å². The van der Waals surface area contributed by atoms with Gasteiger partial charge < -0.3 is 13.3 Å². The molecule has 0 spiro atoms. The summed E-state index contributed by atoms with van der Waals surface area (Å²) in [7, 11) is 0. The second-order valence-electron chi connectivity index (χ2n) is 36.4. The Morgan fingerprint density at radius 2 is 0.360 bits per heavy atom. The molecule has 0 atom stereocenters. The molecule has 9 heterocycles. The van der Waals surface area contributed by atoms with Crippen LogP contribution in [0.15, 0.2) is 517 Å². The number of hydrogen-bond donors (Lipinski definition) is 0. The van der Waals surface area contributed by atoms with E-state index in [1.54, 1.807) is 0 Å². The van der Waals surface area contributed by atoms with Crippen molar-refractivity contribution in [3.05, 3.63) is 504 Å². The van der Waals surface area contributed by atoms with Gasteiger partial charge in [-0.1, -0.05) is 388 Å². The molecule has 20 aromatic carbocycles. The van der Waals surface area contributed by atoms with Gasteiger partial charge in [0.05, 0.1) is 49.8 Å². The number of fused-ring (bicyclic) bond motifs is 12. The lowest BCUT2D eigenvalue weighted by Gasteiger charge is -2.10. The van der Waals surface area contributed by atoms with Crippen LogP contribution in [0.4, 0.5) is 0 Å². The molecule has 29 aromatic rings. The van der Waals surface area contributed by atoms with Gasteiger partial charge in [-0.25, -0.2) is 59.8 Å². The van der Waals surface area contributed by atoms with Gasteiger partial charge in [0.1, 0.15) is 51.0 Å². The maximum absolute atomic E-state index is 6.76. The lowest BCUT2D eigenvalue weighted by molar-refractivity contribution is 0.669. The molecule has 0 fully saturated rings. The molecular weight excluding hydrogens is 1840 g/mol. The number of para-hydroxylation sites is 12. The van der Waals surface area contributed by atoms with E-state index in [4.69, 9.17) is 73.1 Å². The minimum atomic E-state index is 0.573. The van der Waals surface area contributed by atoms with E-state index in [-0.39, 0.29) is 0 Å². The van der Waals surface area contributed by atoms with E-state index in [9.17, 15) is 0 Å². The Bertz CT molecular complexity index is 10100. The van der Waals surface area contributed by atoms with Gasteiger partial charge in [0.25, 0.3) is 0 Å². The number of rotatable bonds is 17. The number of nitrogens with zero attached hydrogens (tertiary/aromatic N) is 15. The SMILES string of the molecule is c1ccc(-c2ccc(-c3nc(-c4ccccc4)nc(-c4cccc5oc6c(-c7nc8ccccc8n7-c7ccccc7)cccc6c45)n3)cc2)cc1.c1ccc(-c2cccc(-c3nc(-c4ccccc4)nc(-c4cccc5oc6c(-c7nc8ccccc8n7-c7ccccc7)cccc6c45)n3)c2)cc1.c1ccc(-c2nc(-c3ccccc3)nc(-c3cccc4oc5c(-c6nc7ccccc7n6-c6ccccc6)cccc5c34)n2)cc1. The monoisotopic (exact) mass is 1930 g/mol. The Morgan fingerprint density at radius 1 is 0.147 bits per heavy atom. The summed E-state index contributed by atoms with van der Waals surface area (Å²) in [5.74, 6) is 7.82. The van der Waals surface area contributed by atoms with Crippen LogP contribution < -0.4 is 0 Å². The normalized spacial score (nSPS) is 11.5. The maximum atomic E-state index is 6.76. The predicted octanol–water partition coefficient (Wildman–Crippen LogP) is 32.7. The van der Waals surface area contributed by atoms with E-state index in [1.807, 2.05) is 279 Å². The molecule has 9 aromatic heterocycles. The Hall–Kier alpha value is -20.8. The van der Waals surface area contributed by atoms with Crippen molar-refractivity contribution in [2.24, 2.45) is 0 Å². The summed E-state index contributed by atoms with van der Waals surface area (Å²) < 4.78 is 26.8. The smallest absolute Gasteiger partial charge is 0.164 e. The van der Waals surface area contributed by atoms with Crippen LogP contribution in [-0.2, 0) is 0 Å². The van der Waals surface area contributed by atoms with E-state index in [0.29, 0.717) is 52.4 Å². The van der Waals surface area contributed by atoms with Crippen molar-refractivity contribution in [3.8, 4) is 176 Å². The average molecular weight is 1930 g/mol. The van der Waals surface area contributed by atoms with Crippen LogP contribution in [0, 0.1) is 0 Å². The molecule has 29 rings (SSSR count). The van der Waals surface area contributed by atoms with Crippen molar-refractivity contribution in [2.75, 3.05) is 0 Å².